The summed E-state index contributed by atoms with van der Waals surface area (Å²) in [6.07, 6.45) is 23.4. The molecule has 3 unspecified atom stereocenters. The second kappa shape index (κ2) is 16.3. The van der Waals surface area contributed by atoms with Crippen molar-refractivity contribution in [3.8, 4) is 0 Å². The van der Waals surface area contributed by atoms with E-state index in [2.05, 4.69) is 33.4 Å². The normalized spacial score (nSPS) is 25.8. The summed E-state index contributed by atoms with van der Waals surface area (Å²) < 4.78 is 0. The summed E-state index contributed by atoms with van der Waals surface area (Å²) >= 11 is 0. The van der Waals surface area contributed by atoms with Gasteiger partial charge in [0, 0.05) is 31.3 Å². The van der Waals surface area contributed by atoms with Crippen molar-refractivity contribution in [1.29, 1.82) is 0 Å². The third-order valence-corrected chi connectivity index (χ3v) is 8.76. The van der Waals surface area contributed by atoms with Gasteiger partial charge in [0.15, 0.2) is 5.78 Å². The second-order valence-electron chi connectivity index (χ2n) is 11.9. The van der Waals surface area contributed by atoms with Crippen LogP contribution in [0, 0.1) is 11.8 Å². The fourth-order valence-electron chi connectivity index (χ4n) is 6.39. The van der Waals surface area contributed by atoms with E-state index in [1.807, 2.05) is 24.3 Å². The largest absolute Gasteiger partial charge is 0.355 e. The number of rotatable bonds is 13. The fraction of sp³-hybridized carbons (Fsp3) is 0.606. The number of amides is 3. The van der Waals surface area contributed by atoms with E-state index in [4.69, 9.17) is 0 Å². The van der Waals surface area contributed by atoms with Crippen LogP contribution in [0.15, 0.2) is 47.6 Å². The van der Waals surface area contributed by atoms with Crippen molar-refractivity contribution in [2.75, 3.05) is 19.6 Å². The summed E-state index contributed by atoms with van der Waals surface area (Å²) in [6.45, 7) is 0.0547. The molecule has 4 N–H and O–H groups in total. The Morgan fingerprint density at radius 1 is 0.762 bits per heavy atom. The highest BCUT2D eigenvalue weighted by atomic mass is 16.2. The Bertz CT molecular complexity index is 1130. The SMILES string of the molecule is O=C(CCC(=O)C1CCCCCCCC1)NCC(=O)NCC(=O)NCCCCC1NC2C3=C/C(=C\C=C/C=C3)C2C1=O. The number of fused-ring (bicyclic) bond motifs is 4. The summed E-state index contributed by atoms with van der Waals surface area (Å²) in [6, 6.07) is -0.140. The van der Waals surface area contributed by atoms with Crippen molar-refractivity contribution >= 4 is 29.3 Å². The zero-order chi connectivity index (χ0) is 29.7. The lowest BCUT2D eigenvalue weighted by Crippen LogP contribution is -2.42. The number of hydrogen-bond donors (Lipinski definition) is 4. The average molecular weight is 579 g/mol. The van der Waals surface area contributed by atoms with E-state index in [0.717, 1.165) is 49.7 Å². The van der Waals surface area contributed by atoms with E-state index in [1.54, 1.807) is 0 Å². The van der Waals surface area contributed by atoms with Crippen molar-refractivity contribution < 1.29 is 24.0 Å². The lowest BCUT2D eigenvalue weighted by atomic mass is 9.90. The zero-order valence-electron chi connectivity index (χ0n) is 24.6. The molecular formula is C33H46N4O5. The first-order valence-electron chi connectivity index (χ1n) is 15.8. The maximum atomic E-state index is 13.0. The molecule has 228 valence electrons. The second-order valence-corrected chi connectivity index (χ2v) is 11.9. The van der Waals surface area contributed by atoms with Crippen LogP contribution in [0.5, 0.6) is 0 Å². The Hall–Kier alpha value is -3.33. The molecule has 2 bridgehead atoms. The van der Waals surface area contributed by atoms with Gasteiger partial charge in [-0.3, -0.25) is 29.3 Å². The molecule has 1 saturated heterocycles. The first-order chi connectivity index (χ1) is 20.4. The molecule has 3 amide bonds. The monoisotopic (exact) mass is 578 g/mol. The van der Waals surface area contributed by atoms with Gasteiger partial charge in [-0.15, -0.1) is 0 Å². The van der Waals surface area contributed by atoms with Crippen molar-refractivity contribution in [3.05, 3.63) is 47.6 Å². The van der Waals surface area contributed by atoms with Crippen LogP contribution in [0.4, 0.5) is 0 Å². The zero-order valence-corrected chi connectivity index (χ0v) is 24.6. The average Bonchev–Trinajstić information content (AvgIpc) is 3.53. The Balaban J connectivity index is 1.02. The topological polar surface area (TPSA) is 133 Å². The van der Waals surface area contributed by atoms with Crippen LogP contribution in [0.1, 0.15) is 83.5 Å². The number of carbonyl (C=O) groups is 5. The number of hydrogen-bond acceptors (Lipinski definition) is 6. The minimum Gasteiger partial charge on any atom is -0.355 e. The van der Waals surface area contributed by atoms with Crippen LogP contribution in [-0.4, -0.2) is 61.0 Å². The van der Waals surface area contributed by atoms with Gasteiger partial charge in [-0.2, -0.15) is 0 Å². The summed E-state index contributed by atoms with van der Waals surface area (Å²) in [5.74, 6) is -0.769. The quantitative estimate of drug-likeness (QED) is 0.248. The van der Waals surface area contributed by atoms with Gasteiger partial charge in [-0.1, -0.05) is 75.0 Å². The Morgan fingerprint density at radius 2 is 1.45 bits per heavy atom. The van der Waals surface area contributed by atoms with E-state index in [-0.39, 0.29) is 73.2 Å². The standard InChI is InChI=1S/C33H46N4O5/c38-27(23-12-6-3-1-2-4-7-13-23)17-18-28(39)35-22-30(41)36-21-29(40)34-19-11-10-16-26-33(42)31-24-14-8-5-9-15-25(20-24)32(31)37-26/h5,8-9,14-15,20,23,26,31-32,37H,1-4,6-7,10-13,16-19,21-22H2,(H,34,40)(H,35,39)(H,36,41)/b8-5-,9-5?,14-8?,15-9?,24-14+,25-15?. The Labute approximate surface area is 249 Å². The highest BCUT2D eigenvalue weighted by Gasteiger charge is 2.46. The van der Waals surface area contributed by atoms with Gasteiger partial charge in [0.05, 0.1) is 25.0 Å². The van der Waals surface area contributed by atoms with Gasteiger partial charge >= 0.3 is 0 Å². The minimum absolute atomic E-state index is 0.0426. The summed E-state index contributed by atoms with van der Waals surface area (Å²) in [7, 11) is 0. The van der Waals surface area contributed by atoms with Gasteiger partial charge in [0.2, 0.25) is 17.7 Å². The number of nitrogens with one attached hydrogen (secondary N) is 4. The van der Waals surface area contributed by atoms with Crippen LogP contribution < -0.4 is 21.3 Å². The van der Waals surface area contributed by atoms with Crippen molar-refractivity contribution in [3.63, 3.8) is 0 Å². The van der Waals surface area contributed by atoms with Gasteiger partial charge in [0.1, 0.15) is 5.78 Å². The van der Waals surface area contributed by atoms with Gasteiger partial charge in [-0.05, 0) is 43.3 Å². The molecule has 1 saturated carbocycles. The molecule has 1 heterocycles. The van der Waals surface area contributed by atoms with E-state index >= 15 is 0 Å². The van der Waals surface area contributed by atoms with E-state index in [9.17, 15) is 24.0 Å². The van der Waals surface area contributed by atoms with Crippen molar-refractivity contribution in [2.45, 2.75) is 95.6 Å². The highest BCUT2D eigenvalue weighted by molar-refractivity contribution is 5.94. The molecule has 2 fully saturated rings. The molecule has 3 atom stereocenters. The molecule has 4 aliphatic rings. The van der Waals surface area contributed by atoms with Crippen LogP contribution in [0.25, 0.3) is 0 Å². The van der Waals surface area contributed by atoms with Crippen LogP contribution in [0.3, 0.4) is 0 Å². The predicted molar refractivity (Wildman–Crippen MR) is 161 cm³/mol. The summed E-state index contributed by atoms with van der Waals surface area (Å²) in [5.41, 5.74) is 2.21. The molecule has 0 spiro atoms. The van der Waals surface area contributed by atoms with Crippen LogP contribution in [0.2, 0.25) is 0 Å². The Morgan fingerprint density at radius 3 is 2.21 bits per heavy atom. The molecule has 4 rings (SSSR count). The van der Waals surface area contributed by atoms with Crippen LogP contribution in [-0.2, 0) is 24.0 Å². The molecule has 0 radical (unpaired) electrons. The third kappa shape index (κ3) is 9.34. The number of carbonyl (C=O) groups excluding carboxylic acids is 5. The summed E-state index contributed by atoms with van der Waals surface area (Å²) in [4.78, 5) is 61.9. The number of unbranched alkanes of at least 4 members (excludes halogenated alkanes) is 1. The molecule has 1 aliphatic heterocycles. The maximum absolute atomic E-state index is 13.0. The van der Waals surface area contributed by atoms with E-state index in [1.165, 1.54) is 25.7 Å². The molecule has 0 aromatic rings. The number of allylic oxidation sites excluding steroid dienone is 5. The smallest absolute Gasteiger partial charge is 0.239 e. The first kappa shape index (κ1) is 31.6. The third-order valence-electron chi connectivity index (χ3n) is 8.76. The lowest BCUT2D eigenvalue weighted by Gasteiger charge is -2.14. The highest BCUT2D eigenvalue weighted by Crippen LogP contribution is 2.38. The minimum atomic E-state index is -0.454. The molecular weight excluding hydrogens is 532 g/mol. The molecule has 0 aromatic heterocycles. The van der Waals surface area contributed by atoms with Crippen molar-refractivity contribution in [2.24, 2.45) is 11.8 Å². The first-order valence-corrected chi connectivity index (χ1v) is 15.8. The molecule has 9 heteroatoms. The maximum Gasteiger partial charge on any atom is 0.239 e. The van der Waals surface area contributed by atoms with Crippen molar-refractivity contribution in [1.82, 2.24) is 21.3 Å². The van der Waals surface area contributed by atoms with Gasteiger partial charge in [-0.25, -0.2) is 0 Å². The molecule has 42 heavy (non-hydrogen) atoms. The van der Waals surface area contributed by atoms with Gasteiger partial charge < -0.3 is 16.0 Å². The fourth-order valence-corrected chi connectivity index (χ4v) is 6.39. The van der Waals surface area contributed by atoms with Crippen LogP contribution >= 0.6 is 0 Å². The molecule has 9 nitrogen and oxygen atoms in total. The molecule has 0 aromatic carbocycles. The van der Waals surface area contributed by atoms with E-state index < -0.39 is 5.91 Å². The van der Waals surface area contributed by atoms with E-state index in [0.29, 0.717) is 13.0 Å². The van der Waals surface area contributed by atoms with Gasteiger partial charge in [0.25, 0.3) is 0 Å². The molecule has 3 aliphatic carbocycles. The number of ketones is 2. The Kier molecular flexibility index (Phi) is 12.3. The lowest BCUT2D eigenvalue weighted by molar-refractivity contribution is -0.129. The number of Topliss-reactive ketones (excluding diaryl/α,β-unsaturated/α-hetero) is 2. The summed E-state index contributed by atoms with van der Waals surface area (Å²) in [5, 5.41) is 11.3. The predicted octanol–water partition coefficient (Wildman–Crippen LogP) is 3.12.